The molecule has 0 amide bonds. The van der Waals surface area contributed by atoms with Crippen molar-refractivity contribution in [2.75, 3.05) is 6.26 Å². The van der Waals surface area contributed by atoms with Gasteiger partial charge in [0.2, 0.25) is 0 Å². The summed E-state index contributed by atoms with van der Waals surface area (Å²) in [5.41, 5.74) is 0. The Balaban J connectivity index is 2.46. The van der Waals surface area contributed by atoms with Crippen molar-refractivity contribution in [1.29, 1.82) is 0 Å². The molecule has 1 aromatic heterocycles. The number of hydrogen-bond donors (Lipinski definition) is 2. The van der Waals surface area contributed by atoms with E-state index in [9.17, 15) is 17.5 Å². The van der Waals surface area contributed by atoms with Gasteiger partial charge in [0.25, 0.3) is 0 Å². The molecule has 4 nitrogen and oxygen atoms in total. The standard InChI is InChI=1S/C11H12O4S3/c1-17(12,13)10-7-8-11(16-10)18(14,15)9-5-3-2-4-6-9/h2-8,14-15H,1H3. The van der Waals surface area contributed by atoms with Crippen LogP contribution in [0.5, 0.6) is 0 Å². The van der Waals surface area contributed by atoms with Gasteiger partial charge >= 0.3 is 0 Å². The highest BCUT2D eigenvalue weighted by molar-refractivity contribution is 8.25. The van der Waals surface area contributed by atoms with Crippen molar-refractivity contribution >= 4 is 31.8 Å². The van der Waals surface area contributed by atoms with Crippen molar-refractivity contribution < 1.29 is 17.5 Å². The zero-order valence-electron chi connectivity index (χ0n) is 9.48. The van der Waals surface area contributed by atoms with Gasteiger partial charge < -0.3 is 0 Å². The van der Waals surface area contributed by atoms with E-state index in [2.05, 4.69) is 0 Å². The Kier molecular flexibility index (Phi) is 3.52. The molecule has 98 valence electrons. The van der Waals surface area contributed by atoms with Crippen molar-refractivity contribution in [3.63, 3.8) is 0 Å². The van der Waals surface area contributed by atoms with Crippen molar-refractivity contribution in [2.24, 2.45) is 0 Å². The molecule has 0 bridgehead atoms. The van der Waals surface area contributed by atoms with Crippen molar-refractivity contribution in [3.8, 4) is 0 Å². The Bertz CT molecular complexity index is 644. The van der Waals surface area contributed by atoms with Crippen LogP contribution in [0, 0.1) is 0 Å². The first kappa shape index (κ1) is 13.6. The summed E-state index contributed by atoms with van der Waals surface area (Å²) in [6, 6.07) is 11.2. The SMILES string of the molecule is CS(=O)(=O)c1ccc(S(O)(O)c2ccccc2)s1. The topological polar surface area (TPSA) is 74.6 Å². The monoisotopic (exact) mass is 304 g/mol. The first-order valence-corrected chi connectivity index (χ1v) is 9.20. The fraction of sp³-hybridized carbons (Fsp3) is 0.0909. The molecule has 1 aromatic carbocycles. The zero-order valence-corrected chi connectivity index (χ0v) is 11.9. The Hall–Kier alpha value is -0.860. The van der Waals surface area contributed by atoms with Crippen LogP contribution < -0.4 is 0 Å². The van der Waals surface area contributed by atoms with Gasteiger partial charge in [-0.1, -0.05) is 18.2 Å². The van der Waals surface area contributed by atoms with Gasteiger partial charge in [-0.3, -0.25) is 9.11 Å². The lowest BCUT2D eigenvalue weighted by Gasteiger charge is -2.30. The molecule has 0 aliphatic carbocycles. The predicted octanol–water partition coefficient (Wildman–Crippen LogP) is 3.32. The number of rotatable bonds is 3. The summed E-state index contributed by atoms with van der Waals surface area (Å²) in [7, 11) is -6.44. The van der Waals surface area contributed by atoms with E-state index in [0.29, 0.717) is 4.90 Å². The third-order valence-corrected chi connectivity index (χ3v) is 7.55. The van der Waals surface area contributed by atoms with Gasteiger partial charge in [-0.05, 0) is 24.3 Å². The lowest BCUT2D eigenvalue weighted by Crippen LogP contribution is -1.96. The average molecular weight is 304 g/mol. The molecular weight excluding hydrogens is 292 g/mol. The molecule has 0 saturated carbocycles. The fourth-order valence-corrected chi connectivity index (χ4v) is 5.25. The van der Waals surface area contributed by atoms with Gasteiger partial charge in [0.1, 0.15) is 8.42 Å². The molecule has 0 atom stereocenters. The minimum absolute atomic E-state index is 0.133. The molecule has 18 heavy (non-hydrogen) atoms. The summed E-state index contributed by atoms with van der Waals surface area (Å²) in [5.74, 6) is 0. The van der Waals surface area contributed by atoms with E-state index >= 15 is 0 Å². The van der Waals surface area contributed by atoms with Gasteiger partial charge in [-0.2, -0.15) is 0 Å². The van der Waals surface area contributed by atoms with Crippen LogP contribution in [0.4, 0.5) is 0 Å². The highest BCUT2D eigenvalue weighted by Crippen LogP contribution is 2.58. The van der Waals surface area contributed by atoms with E-state index in [0.717, 1.165) is 17.6 Å². The lowest BCUT2D eigenvalue weighted by atomic mass is 10.4. The van der Waals surface area contributed by atoms with Crippen LogP contribution in [0.1, 0.15) is 0 Å². The van der Waals surface area contributed by atoms with Crippen LogP contribution in [0.15, 0.2) is 55.8 Å². The molecule has 0 aliphatic heterocycles. The summed E-state index contributed by atoms with van der Waals surface area (Å²) >= 11 is 0.891. The fourth-order valence-electron chi connectivity index (χ4n) is 1.38. The van der Waals surface area contributed by atoms with Crippen molar-refractivity contribution in [3.05, 3.63) is 42.5 Å². The third-order valence-electron chi connectivity index (χ3n) is 2.27. The van der Waals surface area contributed by atoms with Crippen LogP contribution in [0.2, 0.25) is 0 Å². The Morgan fingerprint density at radius 3 is 2.00 bits per heavy atom. The molecule has 0 spiro atoms. The zero-order chi connectivity index (χ0) is 13.4. The summed E-state index contributed by atoms with van der Waals surface area (Å²) < 4.78 is 43.5. The summed E-state index contributed by atoms with van der Waals surface area (Å²) in [6.07, 6.45) is 1.09. The minimum Gasteiger partial charge on any atom is -0.290 e. The molecule has 7 heteroatoms. The second-order valence-electron chi connectivity index (χ2n) is 3.71. The van der Waals surface area contributed by atoms with Gasteiger partial charge in [0.05, 0.1) is 4.90 Å². The van der Waals surface area contributed by atoms with E-state index in [4.69, 9.17) is 0 Å². The van der Waals surface area contributed by atoms with E-state index in [1.165, 1.54) is 12.1 Å². The molecule has 2 rings (SSSR count). The van der Waals surface area contributed by atoms with Crippen molar-refractivity contribution in [2.45, 2.75) is 13.3 Å². The van der Waals surface area contributed by atoms with Crippen LogP contribution in [0.3, 0.4) is 0 Å². The maximum absolute atomic E-state index is 11.4. The van der Waals surface area contributed by atoms with E-state index in [1.807, 2.05) is 0 Å². The van der Waals surface area contributed by atoms with Crippen molar-refractivity contribution in [1.82, 2.24) is 0 Å². The average Bonchev–Trinajstić information content (AvgIpc) is 2.79. The summed E-state index contributed by atoms with van der Waals surface area (Å²) in [4.78, 5) is 0.381. The molecule has 0 aliphatic rings. The molecule has 0 saturated heterocycles. The molecular formula is C11H12O4S3. The minimum atomic E-state index is -3.31. The molecule has 0 unspecified atom stereocenters. The van der Waals surface area contributed by atoms with E-state index < -0.39 is 20.4 Å². The van der Waals surface area contributed by atoms with E-state index in [-0.39, 0.29) is 8.42 Å². The molecule has 0 radical (unpaired) electrons. The quantitative estimate of drug-likeness (QED) is 0.912. The van der Waals surface area contributed by atoms with Gasteiger partial charge in [0.15, 0.2) is 9.84 Å². The van der Waals surface area contributed by atoms with E-state index in [1.54, 1.807) is 30.3 Å². The summed E-state index contributed by atoms with van der Waals surface area (Å²) in [6.45, 7) is 0. The normalized spacial score (nSPS) is 13.5. The van der Waals surface area contributed by atoms with Crippen LogP contribution in [0.25, 0.3) is 0 Å². The maximum Gasteiger partial charge on any atom is 0.184 e. The van der Waals surface area contributed by atoms with Gasteiger partial charge in [-0.15, -0.1) is 21.9 Å². The molecule has 0 fully saturated rings. The first-order chi connectivity index (χ1) is 8.32. The number of thiophene rings is 1. The van der Waals surface area contributed by atoms with Crippen LogP contribution >= 0.6 is 21.9 Å². The Morgan fingerprint density at radius 2 is 1.50 bits per heavy atom. The Labute approximate surface area is 111 Å². The highest BCUT2D eigenvalue weighted by Gasteiger charge is 2.22. The lowest BCUT2D eigenvalue weighted by molar-refractivity contribution is 0.489. The Morgan fingerprint density at radius 1 is 0.944 bits per heavy atom. The van der Waals surface area contributed by atoms with Crippen LogP contribution in [-0.2, 0) is 9.84 Å². The van der Waals surface area contributed by atoms with Crippen LogP contribution in [-0.4, -0.2) is 23.8 Å². The molecule has 2 N–H and O–H groups in total. The second-order valence-corrected chi connectivity index (χ2v) is 9.30. The summed E-state index contributed by atoms with van der Waals surface area (Å²) in [5, 5.41) is 0. The first-order valence-electron chi connectivity index (χ1n) is 4.95. The number of sulfone groups is 1. The van der Waals surface area contributed by atoms with Gasteiger partial charge in [-0.25, -0.2) is 8.42 Å². The highest BCUT2D eigenvalue weighted by atomic mass is 32.3. The predicted molar refractivity (Wildman–Crippen MR) is 73.3 cm³/mol. The third kappa shape index (κ3) is 2.60. The molecule has 2 aromatic rings. The maximum atomic E-state index is 11.4. The second kappa shape index (κ2) is 4.67. The molecule has 1 heterocycles. The number of benzene rings is 1. The number of hydrogen-bond acceptors (Lipinski definition) is 5. The van der Waals surface area contributed by atoms with Gasteiger partial charge in [0, 0.05) is 6.26 Å². The smallest absolute Gasteiger partial charge is 0.184 e. The largest absolute Gasteiger partial charge is 0.290 e.